The lowest BCUT2D eigenvalue weighted by Gasteiger charge is -2.23. The van der Waals surface area contributed by atoms with E-state index in [-0.39, 0.29) is 11.9 Å². The van der Waals surface area contributed by atoms with Crippen molar-refractivity contribution in [2.24, 2.45) is 5.92 Å². The Morgan fingerprint density at radius 2 is 2.07 bits per heavy atom. The van der Waals surface area contributed by atoms with Crippen molar-refractivity contribution in [1.82, 2.24) is 19.7 Å². The van der Waals surface area contributed by atoms with Crippen molar-refractivity contribution in [1.29, 1.82) is 0 Å². The van der Waals surface area contributed by atoms with Gasteiger partial charge in [0.2, 0.25) is 5.91 Å². The Hall–Kier alpha value is -2.21. The van der Waals surface area contributed by atoms with E-state index < -0.39 is 0 Å². The van der Waals surface area contributed by atoms with Crippen LogP contribution in [-0.4, -0.2) is 32.1 Å². The number of amides is 1. The van der Waals surface area contributed by atoms with Crippen LogP contribution >= 0.6 is 11.3 Å². The van der Waals surface area contributed by atoms with E-state index in [1.165, 1.54) is 16.0 Å². The van der Waals surface area contributed by atoms with E-state index in [9.17, 15) is 4.79 Å². The second-order valence-corrected chi connectivity index (χ2v) is 9.55. The van der Waals surface area contributed by atoms with Crippen molar-refractivity contribution in [2.45, 2.75) is 66.0 Å². The SMILES string of the molecule is Cc1nn(CC(C)C)c(C)c1CCC(=O)N1CCC[C@@H]1c1nc2ccccc2s1. The van der Waals surface area contributed by atoms with Gasteiger partial charge in [0.05, 0.1) is 22.0 Å². The standard InChI is InChI=1S/C23H30N4OS/c1-15(2)14-27-17(4)18(16(3)25-27)11-12-22(28)26-13-7-9-20(26)23-24-19-8-5-6-10-21(19)29-23/h5-6,8,10,15,20H,7,9,11-14H2,1-4H3/t20-/m1/s1. The highest BCUT2D eigenvalue weighted by Crippen LogP contribution is 2.36. The van der Waals surface area contributed by atoms with Crippen molar-refractivity contribution in [3.63, 3.8) is 0 Å². The third-order valence-corrected chi connectivity index (χ3v) is 6.96. The van der Waals surface area contributed by atoms with Gasteiger partial charge in [-0.25, -0.2) is 4.98 Å². The van der Waals surface area contributed by atoms with Gasteiger partial charge in [0.1, 0.15) is 5.01 Å². The number of aromatic nitrogens is 3. The van der Waals surface area contributed by atoms with Crippen LogP contribution in [0.1, 0.15) is 61.1 Å². The number of aryl methyl sites for hydroxylation is 1. The molecule has 1 amide bonds. The zero-order chi connectivity index (χ0) is 20.5. The second kappa shape index (κ2) is 8.27. The molecule has 6 heteroatoms. The van der Waals surface area contributed by atoms with Crippen molar-refractivity contribution < 1.29 is 4.79 Å². The number of nitrogens with zero attached hydrogens (tertiary/aromatic N) is 4. The van der Waals surface area contributed by atoms with E-state index in [1.807, 2.05) is 12.1 Å². The molecule has 1 aliphatic rings. The fraction of sp³-hybridized carbons (Fsp3) is 0.522. The molecule has 154 valence electrons. The van der Waals surface area contributed by atoms with Gasteiger partial charge in [0, 0.05) is 25.2 Å². The average molecular weight is 411 g/mol. The van der Waals surface area contributed by atoms with Crippen LogP contribution in [0.4, 0.5) is 0 Å². The molecule has 1 fully saturated rings. The monoisotopic (exact) mass is 410 g/mol. The first-order valence-electron chi connectivity index (χ1n) is 10.6. The average Bonchev–Trinajstić information content (AvgIpc) is 3.38. The molecule has 0 N–H and O–H groups in total. The molecule has 5 nitrogen and oxygen atoms in total. The molecule has 1 aliphatic heterocycles. The molecule has 29 heavy (non-hydrogen) atoms. The van der Waals surface area contributed by atoms with Crippen LogP contribution in [0.2, 0.25) is 0 Å². The van der Waals surface area contributed by atoms with E-state index in [4.69, 9.17) is 10.1 Å². The number of fused-ring (bicyclic) bond motifs is 1. The Balaban J connectivity index is 1.46. The van der Waals surface area contributed by atoms with E-state index in [0.717, 1.165) is 48.6 Å². The number of rotatable bonds is 6. The molecule has 1 saturated heterocycles. The summed E-state index contributed by atoms with van der Waals surface area (Å²) < 4.78 is 3.30. The molecule has 0 unspecified atom stereocenters. The maximum absolute atomic E-state index is 13.1. The molecule has 0 bridgehead atoms. The summed E-state index contributed by atoms with van der Waals surface area (Å²) >= 11 is 1.73. The van der Waals surface area contributed by atoms with E-state index in [1.54, 1.807) is 11.3 Å². The summed E-state index contributed by atoms with van der Waals surface area (Å²) in [4.78, 5) is 20.0. The Labute approximate surface area is 176 Å². The van der Waals surface area contributed by atoms with Gasteiger partial charge in [-0.05, 0) is 56.7 Å². The lowest BCUT2D eigenvalue weighted by Crippen LogP contribution is -2.30. The first kappa shape index (κ1) is 20.1. The maximum atomic E-state index is 13.1. The molecule has 0 saturated carbocycles. The fourth-order valence-corrected chi connectivity index (χ4v) is 5.46. The van der Waals surface area contributed by atoms with Crippen LogP contribution < -0.4 is 0 Å². The normalized spacial score (nSPS) is 17.0. The van der Waals surface area contributed by atoms with Crippen LogP contribution in [0.3, 0.4) is 0 Å². The maximum Gasteiger partial charge on any atom is 0.223 e. The van der Waals surface area contributed by atoms with Gasteiger partial charge in [0.25, 0.3) is 0 Å². The Bertz CT molecular complexity index is 986. The number of carbonyl (C=O) groups excluding carboxylic acids is 1. The predicted octanol–water partition coefficient (Wildman–Crippen LogP) is 5.06. The van der Waals surface area contributed by atoms with Crippen molar-refractivity contribution in [3.8, 4) is 0 Å². The fourth-order valence-electron chi connectivity index (χ4n) is 4.35. The number of carbonyl (C=O) groups is 1. The molecular weight excluding hydrogens is 380 g/mol. The number of benzene rings is 1. The lowest BCUT2D eigenvalue weighted by atomic mass is 10.1. The summed E-state index contributed by atoms with van der Waals surface area (Å²) in [5.74, 6) is 0.795. The molecule has 3 heterocycles. The van der Waals surface area contributed by atoms with E-state index >= 15 is 0 Å². The minimum Gasteiger partial charge on any atom is -0.333 e. The number of para-hydroxylation sites is 1. The summed E-state index contributed by atoms with van der Waals surface area (Å²) in [5.41, 5.74) is 4.53. The molecular formula is C23H30N4OS. The minimum absolute atomic E-state index is 0.130. The van der Waals surface area contributed by atoms with Gasteiger partial charge in [-0.15, -0.1) is 11.3 Å². The predicted molar refractivity (Wildman–Crippen MR) is 118 cm³/mol. The van der Waals surface area contributed by atoms with Crippen LogP contribution in [0.25, 0.3) is 10.2 Å². The summed E-state index contributed by atoms with van der Waals surface area (Å²) in [6.45, 7) is 10.4. The highest BCUT2D eigenvalue weighted by atomic mass is 32.1. The molecule has 4 rings (SSSR count). The summed E-state index contributed by atoms with van der Waals surface area (Å²) in [6, 6.07) is 8.36. The van der Waals surface area contributed by atoms with Crippen LogP contribution in [0.5, 0.6) is 0 Å². The largest absolute Gasteiger partial charge is 0.333 e. The van der Waals surface area contributed by atoms with Gasteiger partial charge in [-0.2, -0.15) is 5.10 Å². The molecule has 1 atom stereocenters. The summed E-state index contributed by atoms with van der Waals surface area (Å²) in [5, 5.41) is 5.77. The quantitative estimate of drug-likeness (QED) is 0.571. The first-order chi connectivity index (χ1) is 13.9. The Kier molecular flexibility index (Phi) is 5.72. The van der Waals surface area contributed by atoms with Crippen LogP contribution in [0.15, 0.2) is 24.3 Å². The smallest absolute Gasteiger partial charge is 0.223 e. The summed E-state index contributed by atoms with van der Waals surface area (Å²) in [6.07, 6.45) is 3.36. The molecule has 0 radical (unpaired) electrons. The lowest BCUT2D eigenvalue weighted by molar-refractivity contribution is -0.132. The molecule has 1 aromatic carbocycles. The van der Waals surface area contributed by atoms with Crippen LogP contribution in [0, 0.1) is 19.8 Å². The first-order valence-corrected chi connectivity index (χ1v) is 11.4. The molecule has 0 aliphatic carbocycles. The molecule has 3 aromatic rings. The highest BCUT2D eigenvalue weighted by Gasteiger charge is 2.32. The summed E-state index contributed by atoms with van der Waals surface area (Å²) in [7, 11) is 0. The van der Waals surface area contributed by atoms with Crippen molar-refractivity contribution in [3.05, 3.63) is 46.2 Å². The van der Waals surface area contributed by atoms with Gasteiger partial charge >= 0.3 is 0 Å². The van der Waals surface area contributed by atoms with Crippen LogP contribution in [-0.2, 0) is 17.8 Å². The van der Waals surface area contributed by atoms with E-state index in [2.05, 4.69) is 49.4 Å². The molecule has 2 aromatic heterocycles. The third kappa shape index (κ3) is 4.08. The zero-order valence-electron chi connectivity index (χ0n) is 17.8. The number of hydrogen-bond donors (Lipinski definition) is 0. The van der Waals surface area contributed by atoms with Crippen molar-refractivity contribution >= 4 is 27.5 Å². The minimum atomic E-state index is 0.130. The highest BCUT2D eigenvalue weighted by molar-refractivity contribution is 7.18. The van der Waals surface area contributed by atoms with Gasteiger partial charge in [-0.3, -0.25) is 9.48 Å². The molecule has 0 spiro atoms. The third-order valence-electron chi connectivity index (χ3n) is 5.83. The number of thiazole rings is 1. The topological polar surface area (TPSA) is 51.0 Å². The van der Waals surface area contributed by atoms with Gasteiger partial charge in [-0.1, -0.05) is 26.0 Å². The van der Waals surface area contributed by atoms with Gasteiger partial charge < -0.3 is 4.90 Å². The number of likely N-dealkylation sites (tertiary alicyclic amines) is 1. The Morgan fingerprint density at radius 1 is 1.28 bits per heavy atom. The van der Waals surface area contributed by atoms with Crippen molar-refractivity contribution in [2.75, 3.05) is 6.54 Å². The second-order valence-electron chi connectivity index (χ2n) is 8.49. The van der Waals surface area contributed by atoms with E-state index in [0.29, 0.717) is 12.3 Å². The van der Waals surface area contributed by atoms with Gasteiger partial charge in [0.15, 0.2) is 0 Å². The zero-order valence-corrected chi connectivity index (χ0v) is 18.6. The Morgan fingerprint density at radius 3 is 2.83 bits per heavy atom. The number of hydrogen-bond acceptors (Lipinski definition) is 4.